The van der Waals surface area contributed by atoms with Crippen molar-refractivity contribution < 1.29 is 18.3 Å². The number of aliphatic carboxylic acids is 1. The van der Waals surface area contributed by atoms with Gasteiger partial charge in [-0.05, 0) is 12.1 Å². The molecule has 1 unspecified atom stereocenters. The number of nitrogens with two attached hydrogens (primary N) is 2. The summed E-state index contributed by atoms with van der Waals surface area (Å²) in [6.45, 7) is -0.732. The molecule has 17 heavy (non-hydrogen) atoms. The molecule has 8 heteroatoms. The molecule has 0 bridgehead atoms. The third-order valence-electron chi connectivity index (χ3n) is 2.17. The first-order valence-corrected chi connectivity index (χ1v) is 6.11. The zero-order valence-electron chi connectivity index (χ0n) is 8.83. The van der Waals surface area contributed by atoms with E-state index in [0.717, 1.165) is 0 Å². The molecule has 1 aromatic carbocycles. The lowest BCUT2D eigenvalue weighted by atomic mass is 10.3. The monoisotopic (exact) mass is 259 g/mol. The van der Waals surface area contributed by atoms with Gasteiger partial charge in [0.15, 0.2) is 0 Å². The van der Waals surface area contributed by atoms with Crippen LogP contribution in [0.3, 0.4) is 0 Å². The topological polar surface area (TPSA) is 136 Å². The standard InChI is InChI=1S/C9H13N3O4S/c10-6-9(11,8(13)14)17(15,16)12-7-4-2-1-3-5-7/h1-5,12H,6,10-11H2,(H,13,14). The van der Waals surface area contributed by atoms with Crippen LogP contribution in [0.5, 0.6) is 0 Å². The number of carbonyl (C=O) groups is 1. The number of anilines is 1. The minimum atomic E-state index is -4.32. The van der Waals surface area contributed by atoms with Crippen LogP contribution < -0.4 is 16.2 Å². The lowest BCUT2D eigenvalue weighted by molar-refractivity contribution is -0.139. The molecule has 94 valence electrons. The molecule has 1 atom stereocenters. The fraction of sp³-hybridized carbons (Fsp3) is 0.222. The van der Waals surface area contributed by atoms with E-state index in [2.05, 4.69) is 4.72 Å². The van der Waals surface area contributed by atoms with Crippen molar-refractivity contribution >= 4 is 21.7 Å². The van der Waals surface area contributed by atoms with Gasteiger partial charge < -0.3 is 16.6 Å². The molecular weight excluding hydrogens is 246 g/mol. The van der Waals surface area contributed by atoms with Gasteiger partial charge in [-0.1, -0.05) is 18.2 Å². The zero-order valence-corrected chi connectivity index (χ0v) is 9.65. The predicted molar refractivity (Wildman–Crippen MR) is 62.6 cm³/mol. The van der Waals surface area contributed by atoms with E-state index in [-0.39, 0.29) is 5.69 Å². The summed E-state index contributed by atoms with van der Waals surface area (Å²) in [5.74, 6) is -1.71. The van der Waals surface area contributed by atoms with E-state index in [1.54, 1.807) is 18.2 Å². The molecule has 0 aromatic heterocycles. The van der Waals surface area contributed by atoms with E-state index >= 15 is 0 Å². The van der Waals surface area contributed by atoms with E-state index in [0.29, 0.717) is 0 Å². The van der Waals surface area contributed by atoms with Crippen molar-refractivity contribution in [3.63, 3.8) is 0 Å². The summed E-state index contributed by atoms with van der Waals surface area (Å²) in [6, 6.07) is 7.82. The van der Waals surface area contributed by atoms with Crippen molar-refractivity contribution in [3.05, 3.63) is 30.3 Å². The maximum Gasteiger partial charge on any atom is 0.342 e. The van der Waals surface area contributed by atoms with Gasteiger partial charge >= 0.3 is 5.97 Å². The smallest absolute Gasteiger partial charge is 0.342 e. The van der Waals surface area contributed by atoms with Crippen molar-refractivity contribution in [2.45, 2.75) is 4.87 Å². The second-order valence-corrected chi connectivity index (χ2v) is 5.31. The highest BCUT2D eigenvalue weighted by Gasteiger charge is 2.46. The van der Waals surface area contributed by atoms with E-state index < -0.39 is 27.4 Å². The molecule has 0 aliphatic carbocycles. The summed E-state index contributed by atoms with van der Waals surface area (Å²) in [7, 11) is -4.32. The molecule has 0 saturated heterocycles. The summed E-state index contributed by atoms with van der Waals surface area (Å²) in [5, 5.41) is 8.82. The van der Waals surface area contributed by atoms with E-state index in [4.69, 9.17) is 16.6 Å². The zero-order chi connectivity index (χ0) is 13.1. The van der Waals surface area contributed by atoms with Gasteiger partial charge in [0, 0.05) is 12.2 Å². The molecule has 1 aromatic rings. The quantitative estimate of drug-likeness (QED) is 0.542. The molecule has 0 saturated carbocycles. The molecule has 0 heterocycles. The highest BCUT2D eigenvalue weighted by Crippen LogP contribution is 2.15. The Balaban J connectivity index is 3.08. The van der Waals surface area contributed by atoms with Gasteiger partial charge in [-0.3, -0.25) is 4.72 Å². The van der Waals surface area contributed by atoms with Crippen molar-refractivity contribution in [2.75, 3.05) is 11.3 Å². The van der Waals surface area contributed by atoms with Crippen LogP contribution in [-0.2, 0) is 14.8 Å². The fourth-order valence-electron chi connectivity index (χ4n) is 1.06. The minimum absolute atomic E-state index is 0.219. The van der Waals surface area contributed by atoms with Crippen molar-refractivity contribution in [3.8, 4) is 0 Å². The Bertz CT molecular complexity index is 502. The van der Waals surface area contributed by atoms with Crippen LogP contribution in [0.4, 0.5) is 5.69 Å². The van der Waals surface area contributed by atoms with Crippen LogP contribution >= 0.6 is 0 Å². The van der Waals surface area contributed by atoms with Crippen molar-refractivity contribution in [1.29, 1.82) is 0 Å². The second-order valence-electron chi connectivity index (χ2n) is 3.37. The van der Waals surface area contributed by atoms with Crippen LogP contribution in [0.1, 0.15) is 0 Å². The van der Waals surface area contributed by atoms with Crippen molar-refractivity contribution in [2.24, 2.45) is 11.5 Å². The highest BCUT2D eigenvalue weighted by atomic mass is 32.2. The van der Waals surface area contributed by atoms with E-state index in [1.807, 2.05) is 0 Å². The molecule has 6 N–H and O–H groups in total. The molecule has 0 fully saturated rings. The van der Waals surface area contributed by atoms with Gasteiger partial charge in [-0.15, -0.1) is 0 Å². The van der Waals surface area contributed by atoms with Crippen LogP contribution in [0.2, 0.25) is 0 Å². The number of hydrogen-bond donors (Lipinski definition) is 4. The number of carboxylic acid groups (broad SMARTS) is 1. The van der Waals surface area contributed by atoms with E-state index in [1.165, 1.54) is 12.1 Å². The van der Waals surface area contributed by atoms with Crippen LogP contribution in [0, 0.1) is 0 Å². The fourth-order valence-corrected chi connectivity index (χ4v) is 2.14. The first kappa shape index (κ1) is 13.4. The Hall–Kier alpha value is -1.64. The summed E-state index contributed by atoms with van der Waals surface area (Å²) >= 11 is 0. The number of para-hydroxylation sites is 1. The first-order valence-electron chi connectivity index (χ1n) is 4.63. The number of nitrogens with one attached hydrogen (secondary N) is 1. The Morgan fingerprint density at radius 3 is 2.29 bits per heavy atom. The summed E-state index contributed by atoms with van der Waals surface area (Å²) in [4.78, 5) is 8.31. The SMILES string of the molecule is NCC(N)(C(=O)O)S(=O)(=O)Nc1ccccc1. The Morgan fingerprint density at radius 2 is 1.88 bits per heavy atom. The van der Waals surface area contributed by atoms with Crippen LogP contribution in [0.25, 0.3) is 0 Å². The molecule has 7 nitrogen and oxygen atoms in total. The number of sulfonamides is 1. The Kier molecular flexibility index (Phi) is 3.71. The van der Waals surface area contributed by atoms with Gasteiger partial charge in [-0.2, -0.15) is 0 Å². The first-order chi connectivity index (χ1) is 7.83. The maximum atomic E-state index is 11.8. The van der Waals surface area contributed by atoms with E-state index in [9.17, 15) is 13.2 Å². The molecular formula is C9H13N3O4S. The molecule has 0 radical (unpaired) electrons. The van der Waals surface area contributed by atoms with Crippen LogP contribution in [0.15, 0.2) is 30.3 Å². The lowest BCUT2D eigenvalue weighted by Gasteiger charge is -2.23. The molecule has 0 aliphatic rings. The third-order valence-corrected chi connectivity index (χ3v) is 3.98. The maximum absolute atomic E-state index is 11.8. The lowest BCUT2D eigenvalue weighted by Crippen LogP contribution is -2.61. The normalized spacial score (nSPS) is 14.9. The van der Waals surface area contributed by atoms with Crippen LogP contribution in [-0.4, -0.2) is 30.9 Å². The number of hydrogen-bond acceptors (Lipinski definition) is 5. The summed E-state index contributed by atoms with van der Waals surface area (Å²) < 4.78 is 25.7. The number of rotatable bonds is 5. The average molecular weight is 259 g/mol. The van der Waals surface area contributed by atoms with Gasteiger partial charge in [0.25, 0.3) is 10.0 Å². The summed E-state index contributed by atoms with van der Waals surface area (Å²) in [6.07, 6.45) is 0. The largest absolute Gasteiger partial charge is 0.479 e. The van der Waals surface area contributed by atoms with Crippen molar-refractivity contribution in [1.82, 2.24) is 0 Å². The molecule has 0 spiro atoms. The third kappa shape index (κ3) is 2.54. The predicted octanol–water partition coefficient (Wildman–Crippen LogP) is -0.873. The average Bonchev–Trinajstić information content (AvgIpc) is 2.28. The highest BCUT2D eigenvalue weighted by molar-refractivity contribution is 7.94. The van der Waals surface area contributed by atoms with Gasteiger partial charge in [0.05, 0.1) is 0 Å². The number of benzene rings is 1. The number of carboxylic acids is 1. The van der Waals surface area contributed by atoms with Gasteiger partial charge in [0.1, 0.15) is 0 Å². The molecule has 1 rings (SSSR count). The molecule has 0 aliphatic heterocycles. The van der Waals surface area contributed by atoms with Gasteiger partial charge in [0.2, 0.25) is 4.87 Å². The Morgan fingerprint density at radius 1 is 1.35 bits per heavy atom. The second kappa shape index (κ2) is 4.70. The minimum Gasteiger partial charge on any atom is -0.479 e. The molecule has 0 amide bonds. The van der Waals surface area contributed by atoms with Gasteiger partial charge in [-0.25, -0.2) is 13.2 Å². The summed E-state index contributed by atoms with van der Waals surface area (Å²) in [5.41, 5.74) is 10.6. The Labute approximate surface area is 98.5 Å².